The molecule has 78 valence electrons. The van der Waals surface area contributed by atoms with E-state index in [4.69, 9.17) is 4.74 Å². The van der Waals surface area contributed by atoms with E-state index >= 15 is 0 Å². The molecule has 0 bridgehead atoms. The number of alkyl halides is 1. The normalized spacial score (nSPS) is 19.1. The Balaban J connectivity index is 2.98. The SMILES string of the molecule is COC(=O)C1=C(CBr)OC(C)(C)C=C1. The van der Waals surface area contributed by atoms with E-state index < -0.39 is 0 Å². The van der Waals surface area contributed by atoms with Crippen molar-refractivity contribution in [3.8, 4) is 0 Å². The summed E-state index contributed by atoms with van der Waals surface area (Å²) in [5, 5.41) is 0.505. The molecular formula is C10H13BrO3. The lowest BCUT2D eigenvalue weighted by Gasteiger charge is -2.28. The summed E-state index contributed by atoms with van der Waals surface area (Å²) in [6, 6.07) is 0. The second kappa shape index (κ2) is 4.17. The smallest absolute Gasteiger partial charge is 0.341 e. The van der Waals surface area contributed by atoms with E-state index in [1.807, 2.05) is 19.9 Å². The second-order valence-electron chi connectivity index (χ2n) is 3.50. The Labute approximate surface area is 91.9 Å². The molecule has 0 saturated carbocycles. The molecule has 0 spiro atoms. The van der Waals surface area contributed by atoms with Gasteiger partial charge in [-0.15, -0.1) is 0 Å². The van der Waals surface area contributed by atoms with E-state index in [1.165, 1.54) is 7.11 Å². The first-order valence-corrected chi connectivity index (χ1v) is 5.38. The lowest BCUT2D eigenvalue weighted by Crippen LogP contribution is -2.26. The summed E-state index contributed by atoms with van der Waals surface area (Å²) in [7, 11) is 1.36. The molecule has 1 rings (SSSR count). The van der Waals surface area contributed by atoms with Crippen molar-refractivity contribution in [3.05, 3.63) is 23.5 Å². The van der Waals surface area contributed by atoms with Gasteiger partial charge < -0.3 is 9.47 Å². The summed E-state index contributed by atoms with van der Waals surface area (Å²) in [4.78, 5) is 11.3. The van der Waals surface area contributed by atoms with Crippen molar-refractivity contribution in [2.24, 2.45) is 0 Å². The highest BCUT2D eigenvalue weighted by molar-refractivity contribution is 9.09. The number of ether oxygens (including phenoxy) is 2. The largest absolute Gasteiger partial charge is 0.486 e. The molecule has 1 heterocycles. The van der Waals surface area contributed by atoms with Crippen molar-refractivity contribution >= 4 is 21.9 Å². The van der Waals surface area contributed by atoms with E-state index in [2.05, 4.69) is 20.7 Å². The summed E-state index contributed by atoms with van der Waals surface area (Å²) >= 11 is 3.28. The van der Waals surface area contributed by atoms with Crippen LogP contribution in [0.15, 0.2) is 23.5 Å². The van der Waals surface area contributed by atoms with Crippen molar-refractivity contribution in [3.63, 3.8) is 0 Å². The van der Waals surface area contributed by atoms with Crippen LogP contribution in [0.2, 0.25) is 0 Å². The average molecular weight is 261 g/mol. The fraction of sp³-hybridized carbons (Fsp3) is 0.500. The van der Waals surface area contributed by atoms with Crippen molar-refractivity contribution < 1.29 is 14.3 Å². The van der Waals surface area contributed by atoms with Gasteiger partial charge in [-0.3, -0.25) is 0 Å². The molecule has 0 fully saturated rings. The zero-order valence-electron chi connectivity index (χ0n) is 8.46. The summed E-state index contributed by atoms with van der Waals surface area (Å²) < 4.78 is 10.2. The summed E-state index contributed by atoms with van der Waals surface area (Å²) in [5.41, 5.74) is 0.115. The molecule has 0 radical (unpaired) electrons. The molecule has 4 heteroatoms. The third kappa shape index (κ3) is 2.38. The first-order chi connectivity index (χ1) is 6.50. The molecule has 1 aliphatic heterocycles. The van der Waals surface area contributed by atoms with Gasteiger partial charge in [-0.1, -0.05) is 15.9 Å². The van der Waals surface area contributed by atoms with Gasteiger partial charge in [0.2, 0.25) is 0 Å². The van der Waals surface area contributed by atoms with Crippen molar-refractivity contribution in [1.29, 1.82) is 0 Å². The molecule has 0 amide bonds. The van der Waals surface area contributed by atoms with Crippen molar-refractivity contribution in [1.82, 2.24) is 0 Å². The van der Waals surface area contributed by atoms with Crippen LogP contribution in [0.3, 0.4) is 0 Å². The molecule has 3 nitrogen and oxygen atoms in total. The minimum absolute atomic E-state index is 0.360. The lowest BCUT2D eigenvalue weighted by molar-refractivity contribution is -0.136. The van der Waals surface area contributed by atoms with E-state index in [-0.39, 0.29) is 11.6 Å². The van der Waals surface area contributed by atoms with Crippen LogP contribution in [0.5, 0.6) is 0 Å². The van der Waals surface area contributed by atoms with Crippen LogP contribution in [-0.2, 0) is 14.3 Å². The number of hydrogen-bond acceptors (Lipinski definition) is 3. The standard InChI is InChI=1S/C10H13BrO3/c1-10(2)5-4-7(9(12)13-3)8(6-11)14-10/h4-5H,6H2,1-3H3. The lowest BCUT2D eigenvalue weighted by atomic mass is 10.0. The summed E-state index contributed by atoms with van der Waals surface area (Å²) in [5.74, 6) is 0.246. The van der Waals surface area contributed by atoms with E-state index in [0.717, 1.165) is 0 Å². The second-order valence-corrected chi connectivity index (χ2v) is 4.06. The van der Waals surface area contributed by atoms with Crippen molar-refractivity contribution in [2.75, 3.05) is 12.4 Å². The Morgan fingerprint density at radius 2 is 2.29 bits per heavy atom. The number of carbonyl (C=O) groups is 1. The number of methoxy groups -OCH3 is 1. The number of allylic oxidation sites excluding steroid dienone is 1. The highest BCUT2D eigenvalue weighted by atomic mass is 79.9. The zero-order chi connectivity index (χ0) is 10.8. The Morgan fingerprint density at radius 1 is 1.64 bits per heavy atom. The van der Waals surface area contributed by atoms with Crippen LogP contribution in [0, 0.1) is 0 Å². The molecule has 0 unspecified atom stereocenters. The van der Waals surface area contributed by atoms with Gasteiger partial charge in [-0.2, -0.15) is 0 Å². The number of hydrogen-bond donors (Lipinski definition) is 0. The number of carbonyl (C=O) groups excluding carboxylic acids is 1. The summed E-state index contributed by atoms with van der Waals surface area (Å²) in [6.07, 6.45) is 3.58. The van der Waals surface area contributed by atoms with Crippen LogP contribution in [0.1, 0.15) is 13.8 Å². The predicted molar refractivity (Wildman–Crippen MR) is 57.1 cm³/mol. The highest BCUT2D eigenvalue weighted by Crippen LogP contribution is 2.26. The van der Waals surface area contributed by atoms with Gasteiger partial charge >= 0.3 is 5.97 Å². The quantitative estimate of drug-likeness (QED) is 0.564. The average Bonchev–Trinajstić information content (AvgIpc) is 2.15. The van der Waals surface area contributed by atoms with Gasteiger partial charge in [0.15, 0.2) is 0 Å². The third-order valence-corrected chi connectivity index (χ3v) is 2.37. The van der Waals surface area contributed by atoms with Crippen LogP contribution in [0.4, 0.5) is 0 Å². The molecule has 0 aromatic carbocycles. The molecule has 0 aromatic rings. The fourth-order valence-corrected chi connectivity index (χ4v) is 1.59. The first-order valence-electron chi connectivity index (χ1n) is 4.26. The fourth-order valence-electron chi connectivity index (χ4n) is 1.17. The Hall–Kier alpha value is -0.770. The third-order valence-electron chi connectivity index (χ3n) is 1.86. The molecule has 0 aromatic heterocycles. The minimum atomic E-state index is -0.369. The first kappa shape index (κ1) is 11.3. The maximum atomic E-state index is 11.3. The van der Waals surface area contributed by atoms with Crippen LogP contribution < -0.4 is 0 Å². The van der Waals surface area contributed by atoms with Crippen LogP contribution >= 0.6 is 15.9 Å². The molecule has 0 atom stereocenters. The van der Waals surface area contributed by atoms with Gasteiger partial charge in [0.25, 0.3) is 0 Å². The number of esters is 1. The highest BCUT2D eigenvalue weighted by Gasteiger charge is 2.26. The Bertz CT molecular complexity index is 302. The molecule has 0 saturated heterocycles. The van der Waals surface area contributed by atoms with Gasteiger partial charge in [0.1, 0.15) is 11.4 Å². The maximum Gasteiger partial charge on any atom is 0.341 e. The number of halogens is 1. The van der Waals surface area contributed by atoms with Gasteiger partial charge in [-0.25, -0.2) is 4.79 Å². The van der Waals surface area contributed by atoms with E-state index in [9.17, 15) is 4.79 Å². The monoisotopic (exact) mass is 260 g/mol. The molecule has 0 N–H and O–H groups in total. The van der Waals surface area contributed by atoms with E-state index in [0.29, 0.717) is 16.7 Å². The Kier molecular flexibility index (Phi) is 3.37. The van der Waals surface area contributed by atoms with Gasteiger partial charge in [0.05, 0.1) is 18.0 Å². The molecule has 14 heavy (non-hydrogen) atoms. The molecule has 0 aliphatic carbocycles. The predicted octanol–water partition coefficient (Wildman–Crippen LogP) is 2.17. The topological polar surface area (TPSA) is 35.5 Å². The van der Waals surface area contributed by atoms with Crippen LogP contribution in [-0.4, -0.2) is 24.0 Å². The molecular weight excluding hydrogens is 248 g/mol. The molecule has 1 aliphatic rings. The van der Waals surface area contributed by atoms with E-state index in [1.54, 1.807) is 6.08 Å². The minimum Gasteiger partial charge on any atom is -0.486 e. The maximum absolute atomic E-state index is 11.3. The van der Waals surface area contributed by atoms with Gasteiger partial charge in [0, 0.05) is 0 Å². The zero-order valence-corrected chi connectivity index (χ0v) is 10.1. The van der Waals surface area contributed by atoms with Crippen LogP contribution in [0.25, 0.3) is 0 Å². The Morgan fingerprint density at radius 3 is 2.79 bits per heavy atom. The summed E-state index contributed by atoms with van der Waals surface area (Å²) in [6.45, 7) is 3.86. The number of rotatable bonds is 2. The van der Waals surface area contributed by atoms with Gasteiger partial charge in [-0.05, 0) is 26.0 Å². The van der Waals surface area contributed by atoms with Crippen molar-refractivity contribution in [2.45, 2.75) is 19.4 Å².